The van der Waals surface area contributed by atoms with Crippen LogP contribution < -0.4 is 0 Å². The van der Waals surface area contributed by atoms with Gasteiger partial charge in [0.2, 0.25) is 0 Å². The van der Waals surface area contributed by atoms with Crippen LogP contribution in [0.2, 0.25) is 0 Å². The van der Waals surface area contributed by atoms with Gasteiger partial charge in [-0.3, -0.25) is 4.99 Å². The van der Waals surface area contributed by atoms with E-state index >= 15 is 0 Å². The van der Waals surface area contributed by atoms with E-state index in [0.717, 1.165) is 18.2 Å². The minimum Gasteiger partial charge on any atom is -0.507 e. The van der Waals surface area contributed by atoms with Crippen molar-refractivity contribution in [3.63, 3.8) is 0 Å². The zero-order valence-corrected chi connectivity index (χ0v) is 11.7. The number of hydrogen-bond acceptors (Lipinski definition) is 2. The maximum atomic E-state index is 13.3. The molecule has 1 N–H and O–H groups in total. The van der Waals surface area contributed by atoms with E-state index in [-0.39, 0.29) is 29.1 Å². The molecule has 1 aliphatic heterocycles. The number of allylic oxidation sites excluding steroid dienone is 1. The second kappa shape index (κ2) is 5.53. The van der Waals surface area contributed by atoms with E-state index in [2.05, 4.69) is 4.99 Å². The van der Waals surface area contributed by atoms with Crippen LogP contribution in [0.25, 0.3) is 5.57 Å². The van der Waals surface area contributed by atoms with E-state index in [0.29, 0.717) is 5.57 Å². The van der Waals surface area contributed by atoms with Gasteiger partial charge in [0.15, 0.2) is 0 Å². The fourth-order valence-corrected chi connectivity index (χ4v) is 2.48. The van der Waals surface area contributed by atoms with E-state index in [4.69, 9.17) is 0 Å². The molecule has 0 aliphatic carbocycles. The van der Waals surface area contributed by atoms with Crippen molar-refractivity contribution in [3.8, 4) is 5.75 Å². The van der Waals surface area contributed by atoms with Gasteiger partial charge in [-0.15, -0.1) is 0 Å². The molecule has 3 rings (SSSR count). The summed E-state index contributed by atoms with van der Waals surface area (Å²) in [6, 6.07) is 8.60. The molecular weight excluding hydrogens is 310 g/mol. The Kier molecular flexibility index (Phi) is 3.67. The Morgan fingerprint density at radius 2 is 1.74 bits per heavy atom. The predicted octanol–water partition coefficient (Wildman–Crippen LogP) is 4.44. The highest BCUT2D eigenvalue weighted by Crippen LogP contribution is 2.36. The monoisotopic (exact) mass is 321 g/mol. The zero-order chi connectivity index (χ0) is 16.6. The molecule has 0 atom stereocenters. The number of halogens is 4. The average molecular weight is 321 g/mol. The maximum Gasteiger partial charge on any atom is 0.416 e. The summed E-state index contributed by atoms with van der Waals surface area (Å²) in [7, 11) is 0. The third kappa shape index (κ3) is 2.97. The smallest absolute Gasteiger partial charge is 0.416 e. The van der Waals surface area contributed by atoms with Gasteiger partial charge in [0.25, 0.3) is 0 Å². The first-order chi connectivity index (χ1) is 10.9. The van der Waals surface area contributed by atoms with Crippen LogP contribution in [0.3, 0.4) is 0 Å². The van der Waals surface area contributed by atoms with E-state index in [1.54, 1.807) is 0 Å². The highest BCUT2D eigenvalue weighted by atomic mass is 19.4. The Labute approximate surface area is 129 Å². The first-order valence-electron chi connectivity index (χ1n) is 6.77. The molecule has 0 fully saturated rings. The highest BCUT2D eigenvalue weighted by Gasteiger charge is 2.34. The van der Waals surface area contributed by atoms with Gasteiger partial charge in [-0.25, -0.2) is 4.39 Å². The normalized spacial score (nSPS) is 14.6. The summed E-state index contributed by atoms with van der Waals surface area (Å²) in [6.07, 6.45) is -3.03. The number of nitrogens with zero attached hydrogens (tertiary/aromatic N) is 1. The molecule has 0 radical (unpaired) electrons. The van der Waals surface area contributed by atoms with Crippen molar-refractivity contribution >= 4 is 11.3 Å². The molecule has 23 heavy (non-hydrogen) atoms. The molecule has 0 saturated carbocycles. The molecule has 0 amide bonds. The zero-order valence-electron chi connectivity index (χ0n) is 11.7. The van der Waals surface area contributed by atoms with Crippen molar-refractivity contribution in [1.29, 1.82) is 0 Å². The lowest BCUT2D eigenvalue weighted by Crippen LogP contribution is -2.08. The maximum absolute atomic E-state index is 13.3. The predicted molar refractivity (Wildman–Crippen MR) is 78.9 cm³/mol. The molecule has 1 aliphatic rings. The molecule has 6 heteroatoms. The van der Waals surface area contributed by atoms with Crippen LogP contribution in [-0.2, 0) is 6.18 Å². The molecule has 2 nitrogen and oxygen atoms in total. The Hall–Kier alpha value is -2.63. The molecule has 118 valence electrons. The van der Waals surface area contributed by atoms with Crippen molar-refractivity contribution < 1.29 is 22.7 Å². The van der Waals surface area contributed by atoms with Gasteiger partial charge in [0.1, 0.15) is 11.6 Å². The molecule has 0 bridgehead atoms. The summed E-state index contributed by atoms with van der Waals surface area (Å²) in [5, 5.41) is 9.78. The first kappa shape index (κ1) is 15.3. The van der Waals surface area contributed by atoms with Crippen LogP contribution in [0.4, 0.5) is 17.6 Å². The quantitative estimate of drug-likeness (QED) is 0.815. The summed E-state index contributed by atoms with van der Waals surface area (Å²) in [6.45, 7) is 0.0401. The standard InChI is InChI=1S/C17H11F4NO/c18-11-5-6-16(23)13(8-11)15-7-10(9-22-15)12-3-1-2-4-14(12)17(19,20)21/h1-8,23H,9H2. The Balaban J connectivity index is 2.02. The molecule has 0 spiro atoms. The highest BCUT2D eigenvalue weighted by molar-refractivity contribution is 6.16. The van der Waals surface area contributed by atoms with Crippen LogP contribution in [0.1, 0.15) is 16.7 Å². The average Bonchev–Trinajstić information content (AvgIpc) is 2.98. The van der Waals surface area contributed by atoms with E-state index in [1.807, 2.05) is 0 Å². The molecule has 0 unspecified atom stereocenters. The molecule has 0 aromatic heterocycles. The number of hydrogen-bond donors (Lipinski definition) is 1. The number of aliphatic imine (C=N–C) groups is 1. The summed E-state index contributed by atoms with van der Waals surface area (Å²) in [4.78, 5) is 4.12. The Morgan fingerprint density at radius 1 is 1.00 bits per heavy atom. The molecule has 0 saturated heterocycles. The third-order valence-corrected chi connectivity index (χ3v) is 3.54. The number of phenols is 1. The van der Waals surface area contributed by atoms with Crippen molar-refractivity contribution in [3.05, 3.63) is 71.0 Å². The third-order valence-electron chi connectivity index (χ3n) is 3.54. The van der Waals surface area contributed by atoms with Gasteiger partial charge in [0, 0.05) is 5.56 Å². The number of phenolic OH excluding ortho intramolecular Hbond substituents is 1. The van der Waals surface area contributed by atoms with E-state index in [1.165, 1.54) is 30.3 Å². The summed E-state index contributed by atoms with van der Waals surface area (Å²) in [5.41, 5.74) is 0.0795. The van der Waals surface area contributed by atoms with Crippen molar-refractivity contribution in [2.75, 3.05) is 6.54 Å². The van der Waals surface area contributed by atoms with Crippen molar-refractivity contribution in [1.82, 2.24) is 0 Å². The van der Waals surface area contributed by atoms with E-state index in [9.17, 15) is 22.7 Å². The topological polar surface area (TPSA) is 32.6 Å². The summed E-state index contributed by atoms with van der Waals surface area (Å²) < 4.78 is 52.6. The second-order valence-electron chi connectivity index (χ2n) is 5.08. The van der Waals surface area contributed by atoms with Gasteiger partial charge in [-0.2, -0.15) is 13.2 Å². The molecule has 2 aromatic carbocycles. The van der Waals surface area contributed by atoms with Gasteiger partial charge in [-0.05, 0) is 41.5 Å². The number of benzene rings is 2. The van der Waals surface area contributed by atoms with Gasteiger partial charge in [-0.1, -0.05) is 18.2 Å². The lowest BCUT2D eigenvalue weighted by molar-refractivity contribution is -0.137. The molecule has 2 aromatic rings. The van der Waals surface area contributed by atoms with Gasteiger partial charge < -0.3 is 5.11 Å². The lowest BCUT2D eigenvalue weighted by atomic mass is 9.98. The molecule has 1 heterocycles. The SMILES string of the molecule is Oc1ccc(F)cc1C1=NCC(c2ccccc2C(F)(F)F)=C1. The summed E-state index contributed by atoms with van der Waals surface area (Å²) >= 11 is 0. The fraction of sp³-hybridized carbons (Fsp3) is 0.118. The van der Waals surface area contributed by atoms with Crippen LogP contribution >= 0.6 is 0 Å². The van der Waals surface area contributed by atoms with Gasteiger partial charge in [0.05, 0.1) is 17.8 Å². The fourth-order valence-electron chi connectivity index (χ4n) is 2.48. The first-order valence-corrected chi connectivity index (χ1v) is 6.77. The van der Waals surface area contributed by atoms with E-state index < -0.39 is 17.6 Å². The second-order valence-corrected chi connectivity index (χ2v) is 5.08. The Bertz CT molecular complexity index is 822. The van der Waals surface area contributed by atoms with Gasteiger partial charge >= 0.3 is 6.18 Å². The van der Waals surface area contributed by atoms with Crippen LogP contribution in [0, 0.1) is 5.82 Å². The van der Waals surface area contributed by atoms with Crippen molar-refractivity contribution in [2.24, 2.45) is 4.99 Å². The number of aromatic hydroxyl groups is 1. The van der Waals surface area contributed by atoms with Crippen LogP contribution in [0.5, 0.6) is 5.75 Å². The number of rotatable bonds is 2. The Morgan fingerprint density at radius 3 is 2.48 bits per heavy atom. The molecular formula is C17H11F4NO. The van der Waals surface area contributed by atoms with Crippen LogP contribution in [-0.4, -0.2) is 17.4 Å². The van der Waals surface area contributed by atoms with Crippen LogP contribution in [0.15, 0.2) is 53.5 Å². The minimum atomic E-state index is -4.47. The number of alkyl halides is 3. The minimum absolute atomic E-state index is 0.0367. The lowest BCUT2D eigenvalue weighted by Gasteiger charge is -2.12. The summed E-state index contributed by atoms with van der Waals surface area (Å²) in [5.74, 6) is -0.732. The largest absolute Gasteiger partial charge is 0.507 e. The van der Waals surface area contributed by atoms with Crippen molar-refractivity contribution in [2.45, 2.75) is 6.18 Å².